The Bertz CT molecular complexity index is 545. The van der Waals surface area contributed by atoms with E-state index in [2.05, 4.69) is 5.32 Å². The first kappa shape index (κ1) is 14.1. The van der Waals surface area contributed by atoms with Crippen molar-refractivity contribution >= 4 is 5.91 Å². The van der Waals surface area contributed by atoms with Crippen LogP contribution < -0.4 is 5.32 Å². The fourth-order valence-corrected chi connectivity index (χ4v) is 5.61. The number of amides is 1. The summed E-state index contributed by atoms with van der Waals surface area (Å²) in [6.07, 6.45) is 8.13. The lowest BCUT2D eigenvalue weighted by Gasteiger charge is -2.55. The number of benzene rings is 1. The molecule has 4 aliphatic rings. The number of carbonyl (C=O) groups is 1. The molecule has 0 spiro atoms. The molecule has 0 saturated heterocycles. The van der Waals surface area contributed by atoms with E-state index in [1.165, 1.54) is 19.3 Å². The van der Waals surface area contributed by atoms with Crippen LogP contribution in [0.5, 0.6) is 5.75 Å². The summed E-state index contributed by atoms with van der Waals surface area (Å²) >= 11 is 0. The topological polar surface area (TPSA) is 49.3 Å². The van der Waals surface area contributed by atoms with Gasteiger partial charge < -0.3 is 10.4 Å². The van der Waals surface area contributed by atoms with Gasteiger partial charge in [0.25, 0.3) is 0 Å². The molecule has 1 aromatic carbocycles. The summed E-state index contributed by atoms with van der Waals surface area (Å²) in [5, 5.41) is 13.0. The second kappa shape index (κ2) is 5.29. The van der Waals surface area contributed by atoms with Gasteiger partial charge in [-0.25, -0.2) is 0 Å². The maximum absolute atomic E-state index is 12.8. The van der Waals surface area contributed by atoms with Crippen LogP contribution in [0.1, 0.15) is 44.1 Å². The lowest BCUT2D eigenvalue weighted by molar-refractivity contribution is -0.146. The number of hydrogen-bond donors (Lipinski definition) is 2. The minimum Gasteiger partial charge on any atom is -0.508 e. The maximum atomic E-state index is 12.8. The van der Waals surface area contributed by atoms with Crippen LogP contribution in [0.2, 0.25) is 0 Å². The Labute approximate surface area is 132 Å². The highest BCUT2D eigenvalue weighted by molar-refractivity contribution is 5.83. The summed E-state index contributed by atoms with van der Waals surface area (Å²) in [6.45, 7) is 0.623. The molecule has 3 heteroatoms. The van der Waals surface area contributed by atoms with E-state index >= 15 is 0 Å². The number of nitrogens with one attached hydrogen (secondary N) is 1. The SMILES string of the molecule is O=C(NCCc1ccccc1O)C12CC3CC(CC(C3)C1)C2. The number of carbonyl (C=O) groups excluding carboxylic acids is 1. The first-order valence-corrected chi connectivity index (χ1v) is 8.70. The molecule has 0 aliphatic heterocycles. The van der Waals surface area contributed by atoms with Crippen LogP contribution in [0.3, 0.4) is 0 Å². The standard InChI is InChI=1S/C19H25NO2/c21-17-4-2-1-3-16(17)5-6-20-18(22)19-10-13-7-14(11-19)9-15(8-13)12-19/h1-4,13-15,21H,5-12H2,(H,20,22). The lowest BCUT2D eigenvalue weighted by Crippen LogP contribution is -2.53. The summed E-state index contributed by atoms with van der Waals surface area (Å²) in [6, 6.07) is 7.38. The molecular weight excluding hydrogens is 274 g/mol. The zero-order chi connectivity index (χ0) is 15.2. The molecule has 5 rings (SSSR count). The normalized spacial score (nSPS) is 35.5. The van der Waals surface area contributed by atoms with Crippen molar-refractivity contribution < 1.29 is 9.90 Å². The van der Waals surface area contributed by atoms with Gasteiger partial charge in [-0.05, 0) is 74.3 Å². The molecule has 1 aromatic rings. The molecule has 0 radical (unpaired) electrons. The molecule has 118 valence electrons. The van der Waals surface area contributed by atoms with E-state index in [1.807, 2.05) is 18.2 Å². The van der Waals surface area contributed by atoms with Gasteiger partial charge in [0.2, 0.25) is 5.91 Å². The van der Waals surface area contributed by atoms with Gasteiger partial charge in [-0.1, -0.05) is 18.2 Å². The van der Waals surface area contributed by atoms with E-state index in [9.17, 15) is 9.90 Å². The summed E-state index contributed by atoms with van der Waals surface area (Å²) in [7, 11) is 0. The number of para-hydroxylation sites is 1. The van der Waals surface area contributed by atoms with Crippen LogP contribution in [0.15, 0.2) is 24.3 Å². The minimum atomic E-state index is -0.0620. The molecule has 1 amide bonds. The molecule has 0 atom stereocenters. The van der Waals surface area contributed by atoms with Gasteiger partial charge in [-0.2, -0.15) is 0 Å². The Morgan fingerprint density at radius 3 is 2.27 bits per heavy atom. The molecule has 4 aliphatic carbocycles. The first-order valence-electron chi connectivity index (χ1n) is 8.70. The molecule has 3 nitrogen and oxygen atoms in total. The van der Waals surface area contributed by atoms with Crippen LogP contribution in [-0.2, 0) is 11.2 Å². The summed E-state index contributed by atoms with van der Waals surface area (Å²) < 4.78 is 0. The number of phenols is 1. The Hall–Kier alpha value is -1.51. The Morgan fingerprint density at radius 2 is 1.68 bits per heavy atom. The minimum absolute atomic E-state index is 0.0620. The Kier molecular flexibility index (Phi) is 3.39. The highest BCUT2D eigenvalue weighted by atomic mass is 16.3. The fourth-order valence-electron chi connectivity index (χ4n) is 5.61. The average Bonchev–Trinajstić information content (AvgIpc) is 2.47. The highest BCUT2D eigenvalue weighted by Gasteiger charge is 2.54. The van der Waals surface area contributed by atoms with Gasteiger partial charge in [0, 0.05) is 12.0 Å². The second-order valence-electron chi connectivity index (χ2n) is 7.83. The van der Waals surface area contributed by atoms with E-state index in [0.29, 0.717) is 18.7 Å². The van der Waals surface area contributed by atoms with Crippen LogP contribution in [0.4, 0.5) is 0 Å². The van der Waals surface area contributed by atoms with Gasteiger partial charge in [0.15, 0.2) is 0 Å². The van der Waals surface area contributed by atoms with Crippen molar-refractivity contribution in [1.29, 1.82) is 0 Å². The second-order valence-corrected chi connectivity index (χ2v) is 7.83. The van der Waals surface area contributed by atoms with Crippen molar-refractivity contribution in [3.05, 3.63) is 29.8 Å². The number of phenolic OH excluding ortho intramolecular Hbond substituents is 1. The monoisotopic (exact) mass is 299 g/mol. The van der Waals surface area contributed by atoms with Gasteiger partial charge in [0.1, 0.15) is 5.75 Å². The van der Waals surface area contributed by atoms with Gasteiger partial charge in [-0.15, -0.1) is 0 Å². The first-order chi connectivity index (χ1) is 10.6. The zero-order valence-corrected chi connectivity index (χ0v) is 13.1. The van der Waals surface area contributed by atoms with Gasteiger partial charge in [0.05, 0.1) is 0 Å². The molecule has 0 unspecified atom stereocenters. The molecule has 22 heavy (non-hydrogen) atoms. The molecule has 4 saturated carbocycles. The maximum Gasteiger partial charge on any atom is 0.226 e. The van der Waals surface area contributed by atoms with E-state index < -0.39 is 0 Å². The van der Waals surface area contributed by atoms with E-state index in [4.69, 9.17) is 0 Å². The van der Waals surface area contributed by atoms with Crippen LogP contribution in [-0.4, -0.2) is 17.6 Å². The summed E-state index contributed by atoms with van der Waals surface area (Å²) in [4.78, 5) is 12.8. The van der Waals surface area contributed by atoms with Crippen molar-refractivity contribution in [3.63, 3.8) is 0 Å². The predicted molar refractivity (Wildman–Crippen MR) is 85.4 cm³/mol. The molecule has 4 fully saturated rings. The average molecular weight is 299 g/mol. The fraction of sp³-hybridized carbons (Fsp3) is 0.632. The van der Waals surface area contributed by atoms with E-state index in [0.717, 1.165) is 42.6 Å². The molecule has 0 heterocycles. The number of aromatic hydroxyl groups is 1. The van der Waals surface area contributed by atoms with Crippen LogP contribution in [0, 0.1) is 23.2 Å². The third-order valence-corrected chi connectivity index (χ3v) is 6.19. The highest BCUT2D eigenvalue weighted by Crippen LogP contribution is 2.60. The largest absolute Gasteiger partial charge is 0.508 e. The molecule has 0 aromatic heterocycles. The van der Waals surface area contributed by atoms with Crippen LogP contribution in [0.25, 0.3) is 0 Å². The molecular formula is C19H25NO2. The quantitative estimate of drug-likeness (QED) is 0.896. The lowest BCUT2D eigenvalue weighted by atomic mass is 9.49. The zero-order valence-electron chi connectivity index (χ0n) is 13.1. The smallest absolute Gasteiger partial charge is 0.226 e. The molecule has 4 bridgehead atoms. The van der Waals surface area contributed by atoms with Gasteiger partial charge >= 0.3 is 0 Å². The van der Waals surface area contributed by atoms with Crippen LogP contribution >= 0.6 is 0 Å². The molecule has 2 N–H and O–H groups in total. The Morgan fingerprint density at radius 1 is 1.09 bits per heavy atom. The van der Waals surface area contributed by atoms with Crippen molar-refractivity contribution in [1.82, 2.24) is 5.32 Å². The third-order valence-electron chi connectivity index (χ3n) is 6.19. The van der Waals surface area contributed by atoms with Crippen molar-refractivity contribution in [2.45, 2.75) is 44.9 Å². The van der Waals surface area contributed by atoms with Crippen molar-refractivity contribution in [2.24, 2.45) is 23.2 Å². The van der Waals surface area contributed by atoms with E-state index in [1.54, 1.807) is 6.07 Å². The summed E-state index contributed by atoms with van der Waals surface area (Å²) in [5.41, 5.74) is 0.848. The van der Waals surface area contributed by atoms with E-state index in [-0.39, 0.29) is 11.3 Å². The van der Waals surface area contributed by atoms with Crippen molar-refractivity contribution in [3.8, 4) is 5.75 Å². The predicted octanol–water partition coefficient (Wildman–Crippen LogP) is 3.27. The number of rotatable bonds is 4. The van der Waals surface area contributed by atoms with Crippen molar-refractivity contribution in [2.75, 3.05) is 6.54 Å². The summed E-state index contributed by atoms with van der Waals surface area (Å²) in [5.74, 6) is 3.01. The Balaban J connectivity index is 1.37. The number of hydrogen-bond acceptors (Lipinski definition) is 2. The van der Waals surface area contributed by atoms with Gasteiger partial charge in [-0.3, -0.25) is 4.79 Å². The third kappa shape index (κ3) is 2.41.